The fourth-order valence-corrected chi connectivity index (χ4v) is 1.76. The maximum absolute atomic E-state index is 4.47. The highest BCUT2D eigenvalue weighted by molar-refractivity contribution is 5.12. The van der Waals surface area contributed by atoms with Crippen molar-refractivity contribution in [2.45, 2.75) is 39.3 Å². The van der Waals surface area contributed by atoms with Crippen LogP contribution >= 0.6 is 0 Å². The van der Waals surface area contributed by atoms with Crippen molar-refractivity contribution in [3.8, 4) is 0 Å². The summed E-state index contributed by atoms with van der Waals surface area (Å²) in [5, 5.41) is 8.05. The lowest BCUT2D eigenvalue weighted by atomic mass is 10.2. The molecular formula is C11H19N3. The van der Waals surface area contributed by atoms with E-state index in [-0.39, 0.29) is 0 Å². The standard InChI is InChI=1S/C11H19N3/c1-7-5-10(7)12-9(3)11-6-8(2)14(4)13-11/h6-7,9-10,12H,5H2,1-4H3. The molecule has 1 aromatic heterocycles. The quantitative estimate of drug-likeness (QED) is 0.793. The molecule has 0 aromatic carbocycles. The number of aryl methyl sites for hydroxylation is 2. The summed E-state index contributed by atoms with van der Waals surface area (Å²) in [7, 11) is 1.99. The maximum atomic E-state index is 4.47. The molecule has 1 aliphatic rings. The molecule has 0 aliphatic heterocycles. The average molecular weight is 193 g/mol. The Balaban J connectivity index is 2.00. The number of hydrogen-bond acceptors (Lipinski definition) is 2. The summed E-state index contributed by atoms with van der Waals surface area (Å²) < 4.78 is 1.93. The molecule has 1 aliphatic carbocycles. The summed E-state index contributed by atoms with van der Waals surface area (Å²) >= 11 is 0. The van der Waals surface area contributed by atoms with Crippen LogP contribution in [0.3, 0.4) is 0 Å². The van der Waals surface area contributed by atoms with Gasteiger partial charge in [0.15, 0.2) is 0 Å². The van der Waals surface area contributed by atoms with Crippen LogP contribution in [0.25, 0.3) is 0 Å². The lowest BCUT2D eigenvalue weighted by Crippen LogP contribution is -2.22. The second-order valence-electron chi connectivity index (χ2n) is 4.54. The molecule has 3 atom stereocenters. The Hall–Kier alpha value is -0.830. The Kier molecular flexibility index (Phi) is 2.35. The molecular weight excluding hydrogens is 174 g/mol. The number of nitrogens with zero attached hydrogens (tertiary/aromatic N) is 2. The molecule has 0 radical (unpaired) electrons. The molecule has 1 aromatic rings. The van der Waals surface area contributed by atoms with Crippen LogP contribution < -0.4 is 5.32 Å². The Bertz CT molecular complexity index is 310. The molecule has 3 heteroatoms. The summed E-state index contributed by atoms with van der Waals surface area (Å²) in [6.07, 6.45) is 1.32. The maximum Gasteiger partial charge on any atom is 0.0793 e. The molecule has 1 saturated carbocycles. The first-order valence-electron chi connectivity index (χ1n) is 5.34. The summed E-state index contributed by atoms with van der Waals surface area (Å²) in [6, 6.07) is 3.25. The second-order valence-corrected chi connectivity index (χ2v) is 4.54. The smallest absolute Gasteiger partial charge is 0.0793 e. The van der Waals surface area contributed by atoms with Gasteiger partial charge in [-0.15, -0.1) is 0 Å². The minimum Gasteiger partial charge on any atom is -0.306 e. The first-order valence-corrected chi connectivity index (χ1v) is 5.34. The van der Waals surface area contributed by atoms with Crippen molar-refractivity contribution in [1.82, 2.24) is 15.1 Å². The third-order valence-electron chi connectivity index (χ3n) is 3.15. The van der Waals surface area contributed by atoms with Crippen LogP contribution in [0.15, 0.2) is 6.07 Å². The molecule has 78 valence electrons. The molecule has 0 spiro atoms. The SMILES string of the molecule is Cc1cc(C(C)NC2CC2C)nn1C. The zero-order chi connectivity index (χ0) is 10.3. The summed E-state index contributed by atoms with van der Waals surface area (Å²) in [4.78, 5) is 0. The van der Waals surface area contributed by atoms with Gasteiger partial charge in [0.2, 0.25) is 0 Å². The van der Waals surface area contributed by atoms with Crippen molar-refractivity contribution in [1.29, 1.82) is 0 Å². The zero-order valence-corrected chi connectivity index (χ0v) is 9.41. The van der Waals surface area contributed by atoms with Gasteiger partial charge in [0.25, 0.3) is 0 Å². The minimum absolute atomic E-state index is 0.379. The van der Waals surface area contributed by atoms with E-state index in [1.165, 1.54) is 12.1 Å². The Morgan fingerprint density at radius 3 is 2.71 bits per heavy atom. The number of nitrogens with one attached hydrogen (secondary N) is 1. The Morgan fingerprint density at radius 2 is 2.29 bits per heavy atom. The highest BCUT2D eigenvalue weighted by atomic mass is 15.3. The van der Waals surface area contributed by atoms with Gasteiger partial charge in [-0.25, -0.2) is 0 Å². The van der Waals surface area contributed by atoms with Crippen LogP contribution in [0.2, 0.25) is 0 Å². The van der Waals surface area contributed by atoms with Gasteiger partial charge in [-0.2, -0.15) is 5.10 Å². The number of hydrogen-bond donors (Lipinski definition) is 1. The van der Waals surface area contributed by atoms with Crippen LogP contribution in [0, 0.1) is 12.8 Å². The van der Waals surface area contributed by atoms with Gasteiger partial charge < -0.3 is 5.32 Å². The lowest BCUT2D eigenvalue weighted by Gasteiger charge is -2.10. The second kappa shape index (κ2) is 3.39. The summed E-state index contributed by atoms with van der Waals surface area (Å²) in [6.45, 7) is 6.56. The number of aromatic nitrogens is 2. The van der Waals surface area contributed by atoms with E-state index in [1.54, 1.807) is 0 Å². The van der Waals surface area contributed by atoms with Gasteiger partial charge >= 0.3 is 0 Å². The van der Waals surface area contributed by atoms with Crippen molar-refractivity contribution in [3.63, 3.8) is 0 Å². The minimum atomic E-state index is 0.379. The van der Waals surface area contributed by atoms with Gasteiger partial charge in [-0.3, -0.25) is 4.68 Å². The van der Waals surface area contributed by atoms with Gasteiger partial charge in [-0.05, 0) is 32.3 Å². The third-order valence-corrected chi connectivity index (χ3v) is 3.15. The largest absolute Gasteiger partial charge is 0.306 e. The Labute approximate surface area is 85.5 Å². The van der Waals surface area contributed by atoms with Crippen molar-refractivity contribution < 1.29 is 0 Å². The van der Waals surface area contributed by atoms with Crippen LogP contribution in [-0.2, 0) is 7.05 Å². The fourth-order valence-electron chi connectivity index (χ4n) is 1.76. The van der Waals surface area contributed by atoms with Crippen molar-refractivity contribution in [2.75, 3.05) is 0 Å². The first kappa shape index (κ1) is 9.71. The summed E-state index contributed by atoms with van der Waals surface area (Å²) in [5.41, 5.74) is 2.38. The van der Waals surface area contributed by atoms with E-state index in [2.05, 4.69) is 37.3 Å². The van der Waals surface area contributed by atoms with Gasteiger partial charge in [0.1, 0.15) is 0 Å². The monoisotopic (exact) mass is 193 g/mol. The van der Waals surface area contributed by atoms with E-state index in [0.29, 0.717) is 12.1 Å². The highest BCUT2D eigenvalue weighted by Gasteiger charge is 2.33. The molecule has 0 amide bonds. The molecule has 3 unspecified atom stereocenters. The lowest BCUT2D eigenvalue weighted by molar-refractivity contribution is 0.532. The molecule has 14 heavy (non-hydrogen) atoms. The van der Waals surface area contributed by atoms with Gasteiger partial charge in [-0.1, -0.05) is 6.92 Å². The third kappa shape index (κ3) is 1.82. The molecule has 3 nitrogen and oxygen atoms in total. The van der Waals surface area contributed by atoms with E-state index in [4.69, 9.17) is 0 Å². The molecule has 1 fully saturated rings. The van der Waals surface area contributed by atoms with Gasteiger partial charge in [0, 0.05) is 24.8 Å². The molecule has 2 rings (SSSR count). The Morgan fingerprint density at radius 1 is 1.64 bits per heavy atom. The topological polar surface area (TPSA) is 29.9 Å². The van der Waals surface area contributed by atoms with E-state index >= 15 is 0 Å². The number of rotatable bonds is 3. The predicted octanol–water partition coefficient (Wildman–Crippen LogP) is 1.79. The molecule has 0 bridgehead atoms. The van der Waals surface area contributed by atoms with Crippen LogP contribution in [-0.4, -0.2) is 15.8 Å². The van der Waals surface area contributed by atoms with E-state index in [0.717, 1.165) is 11.6 Å². The zero-order valence-electron chi connectivity index (χ0n) is 9.41. The van der Waals surface area contributed by atoms with Gasteiger partial charge in [0.05, 0.1) is 5.69 Å². The molecule has 1 N–H and O–H groups in total. The van der Waals surface area contributed by atoms with Crippen molar-refractivity contribution in [3.05, 3.63) is 17.5 Å². The van der Waals surface area contributed by atoms with Crippen LogP contribution in [0.1, 0.15) is 37.7 Å². The highest BCUT2D eigenvalue weighted by Crippen LogP contribution is 2.31. The first-order chi connectivity index (χ1) is 6.58. The van der Waals surface area contributed by atoms with E-state index in [1.807, 2.05) is 11.7 Å². The average Bonchev–Trinajstić information content (AvgIpc) is 2.68. The molecule has 1 heterocycles. The van der Waals surface area contributed by atoms with Crippen molar-refractivity contribution in [2.24, 2.45) is 13.0 Å². The van der Waals surface area contributed by atoms with Crippen LogP contribution in [0.4, 0.5) is 0 Å². The van der Waals surface area contributed by atoms with E-state index < -0.39 is 0 Å². The van der Waals surface area contributed by atoms with E-state index in [9.17, 15) is 0 Å². The fraction of sp³-hybridized carbons (Fsp3) is 0.727. The summed E-state index contributed by atoms with van der Waals surface area (Å²) in [5.74, 6) is 0.849. The van der Waals surface area contributed by atoms with Crippen molar-refractivity contribution >= 4 is 0 Å². The molecule has 0 saturated heterocycles. The predicted molar refractivity (Wildman–Crippen MR) is 57.1 cm³/mol. The van der Waals surface area contributed by atoms with Crippen LogP contribution in [0.5, 0.6) is 0 Å². The normalized spacial score (nSPS) is 27.7.